The highest BCUT2D eigenvalue weighted by atomic mass is 16.5. The third-order valence-electron chi connectivity index (χ3n) is 4.21. The van der Waals surface area contributed by atoms with Gasteiger partial charge in [0.05, 0.1) is 19.2 Å². The molecular formula is C17H26N2O2. The lowest BCUT2D eigenvalue weighted by atomic mass is 9.86. The normalized spacial score (nSPS) is 20.4. The summed E-state index contributed by atoms with van der Waals surface area (Å²) in [6.45, 7) is 6.80. The fourth-order valence-electron chi connectivity index (χ4n) is 2.77. The zero-order valence-corrected chi connectivity index (χ0v) is 13.4. The van der Waals surface area contributed by atoms with E-state index < -0.39 is 6.04 Å². The first kappa shape index (κ1) is 15.8. The zero-order chi connectivity index (χ0) is 15.6. The summed E-state index contributed by atoms with van der Waals surface area (Å²) >= 11 is 0. The summed E-state index contributed by atoms with van der Waals surface area (Å²) in [6, 6.07) is 7.61. The van der Waals surface area contributed by atoms with E-state index in [-0.39, 0.29) is 17.4 Å². The van der Waals surface area contributed by atoms with Crippen molar-refractivity contribution in [3.63, 3.8) is 0 Å². The Hall–Kier alpha value is -1.55. The van der Waals surface area contributed by atoms with E-state index in [2.05, 4.69) is 6.07 Å². The van der Waals surface area contributed by atoms with Crippen LogP contribution in [0.3, 0.4) is 0 Å². The van der Waals surface area contributed by atoms with Gasteiger partial charge in [-0.2, -0.15) is 0 Å². The molecule has 0 bridgehead atoms. The van der Waals surface area contributed by atoms with E-state index in [1.54, 1.807) is 7.11 Å². The second-order valence-corrected chi connectivity index (χ2v) is 6.81. The Morgan fingerprint density at radius 1 is 1.43 bits per heavy atom. The fraction of sp³-hybridized carbons (Fsp3) is 0.588. The molecule has 1 aromatic rings. The summed E-state index contributed by atoms with van der Waals surface area (Å²) in [7, 11) is 1.66. The number of amides is 1. The number of carbonyl (C=O) groups excluding carboxylic acids is 1. The van der Waals surface area contributed by atoms with E-state index in [4.69, 9.17) is 10.5 Å². The van der Waals surface area contributed by atoms with Crippen LogP contribution in [0.5, 0.6) is 5.75 Å². The summed E-state index contributed by atoms with van der Waals surface area (Å²) in [5.41, 5.74) is 7.06. The second-order valence-electron chi connectivity index (χ2n) is 6.81. The van der Waals surface area contributed by atoms with Crippen LogP contribution in [-0.2, 0) is 4.79 Å². The van der Waals surface area contributed by atoms with Crippen molar-refractivity contribution >= 4 is 5.91 Å². The minimum absolute atomic E-state index is 0.0489. The summed E-state index contributed by atoms with van der Waals surface area (Å²) in [5.74, 6) is 0.875. The molecule has 2 rings (SSSR count). The highest BCUT2D eigenvalue weighted by molar-refractivity contribution is 5.83. The van der Waals surface area contributed by atoms with Crippen molar-refractivity contribution in [1.29, 1.82) is 0 Å². The number of ether oxygens (including phenoxy) is 1. The number of nitrogens with two attached hydrogens (primary N) is 1. The molecule has 116 valence electrons. The maximum absolute atomic E-state index is 12.7. The smallest absolute Gasteiger partial charge is 0.240 e. The Labute approximate surface area is 127 Å². The van der Waals surface area contributed by atoms with E-state index in [0.29, 0.717) is 0 Å². The van der Waals surface area contributed by atoms with Crippen LogP contribution in [0.4, 0.5) is 0 Å². The monoisotopic (exact) mass is 290 g/mol. The highest BCUT2D eigenvalue weighted by Crippen LogP contribution is 2.35. The average molecular weight is 290 g/mol. The molecule has 4 heteroatoms. The molecule has 1 aliphatic heterocycles. The van der Waals surface area contributed by atoms with Crippen molar-refractivity contribution < 1.29 is 9.53 Å². The summed E-state index contributed by atoms with van der Waals surface area (Å²) in [6.07, 6.45) is 2.00. The Kier molecular flexibility index (Phi) is 4.57. The van der Waals surface area contributed by atoms with Crippen LogP contribution in [0.1, 0.15) is 45.2 Å². The molecule has 1 amide bonds. The number of carbonyl (C=O) groups is 1. The van der Waals surface area contributed by atoms with Gasteiger partial charge in [0.2, 0.25) is 5.91 Å². The Balaban J connectivity index is 2.22. The molecule has 0 aromatic heterocycles. The molecule has 1 heterocycles. The first-order valence-corrected chi connectivity index (χ1v) is 7.54. The number of benzene rings is 1. The van der Waals surface area contributed by atoms with E-state index in [0.717, 1.165) is 30.7 Å². The third kappa shape index (κ3) is 3.38. The number of hydrogen-bond acceptors (Lipinski definition) is 3. The molecule has 1 unspecified atom stereocenters. The molecule has 1 fully saturated rings. The highest BCUT2D eigenvalue weighted by Gasteiger charge is 2.37. The van der Waals surface area contributed by atoms with Crippen molar-refractivity contribution in [2.75, 3.05) is 13.7 Å². The first-order valence-electron chi connectivity index (χ1n) is 7.54. The Bertz CT molecular complexity index is 508. The molecule has 0 saturated carbocycles. The molecular weight excluding hydrogens is 264 g/mol. The first-order chi connectivity index (χ1) is 9.84. The van der Waals surface area contributed by atoms with Gasteiger partial charge < -0.3 is 15.4 Å². The molecule has 1 aliphatic rings. The number of rotatable bonds is 3. The topological polar surface area (TPSA) is 55.6 Å². The maximum atomic E-state index is 12.7. The van der Waals surface area contributed by atoms with Crippen LogP contribution in [0.15, 0.2) is 24.3 Å². The quantitative estimate of drug-likeness (QED) is 0.931. The molecule has 0 aliphatic carbocycles. The molecule has 4 nitrogen and oxygen atoms in total. The van der Waals surface area contributed by atoms with Gasteiger partial charge in [-0.25, -0.2) is 0 Å². The van der Waals surface area contributed by atoms with Crippen molar-refractivity contribution in [3.8, 4) is 5.75 Å². The van der Waals surface area contributed by atoms with E-state index >= 15 is 0 Å². The average Bonchev–Trinajstić information content (AvgIpc) is 2.94. The van der Waals surface area contributed by atoms with Crippen molar-refractivity contribution in [2.24, 2.45) is 11.1 Å². The van der Waals surface area contributed by atoms with Gasteiger partial charge in [-0.3, -0.25) is 4.79 Å². The standard InChI is InChI=1S/C17H26N2O2/c1-17(2,3)15(18)16(20)19-10-6-9-14(19)12-7-5-8-13(11-12)21-4/h5,7-8,11,14-15H,6,9-10,18H2,1-4H3/t14?,15-/m1/s1. The summed E-state index contributed by atoms with van der Waals surface area (Å²) < 4.78 is 5.28. The minimum atomic E-state index is -0.469. The van der Waals surface area contributed by atoms with Gasteiger partial charge in [0.1, 0.15) is 5.75 Å². The molecule has 0 radical (unpaired) electrons. The maximum Gasteiger partial charge on any atom is 0.240 e. The molecule has 1 aromatic carbocycles. The third-order valence-corrected chi connectivity index (χ3v) is 4.21. The minimum Gasteiger partial charge on any atom is -0.497 e. The second kappa shape index (κ2) is 6.06. The number of nitrogens with zero attached hydrogens (tertiary/aromatic N) is 1. The van der Waals surface area contributed by atoms with Crippen LogP contribution < -0.4 is 10.5 Å². The van der Waals surface area contributed by atoms with Gasteiger partial charge in [0.15, 0.2) is 0 Å². The lowest BCUT2D eigenvalue weighted by Crippen LogP contribution is -2.50. The largest absolute Gasteiger partial charge is 0.497 e. The molecule has 1 saturated heterocycles. The van der Waals surface area contributed by atoms with Gasteiger partial charge in [-0.05, 0) is 36.0 Å². The Morgan fingerprint density at radius 3 is 2.76 bits per heavy atom. The molecule has 0 spiro atoms. The fourth-order valence-corrected chi connectivity index (χ4v) is 2.77. The number of hydrogen-bond donors (Lipinski definition) is 1. The van der Waals surface area contributed by atoms with E-state index in [1.807, 2.05) is 43.9 Å². The number of methoxy groups -OCH3 is 1. The molecule has 21 heavy (non-hydrogen) atoms. The van der Waals surface area contributed by atoms with Crippen LogP contribution >= 0.6 is 0 Å². The number of likely N-dealkylation sites (tertiary alicyclic amines) is 1. The SMILES string of the molecule is COc1cccc(C2CCCN2C(=O)[C@@H](N)C(C)(C)C)c1. The van der Waals surface area contributed by atoms with Crippen molar-refractivity contribution in [3.05, 3.63) is 29.8 Å². The van der Waals surface area contributed by atoms with Gasteiger partial charge in [0.25, 0.3) is 0 Å². The van der Waals surface area contributed by atoms with E-state index in [1.165, 1.54) is 0 Å². The zero-order valence-electron chi connectivity index (χ0n) is 13.4. The van der Waals surface area contributed by atoms with Crippen LogP contribution in [0.2, 0.25) is 0 Å². The van der Waals surface area contributed by atoms with Gasteiger partial charge >= 0.3 is 0 Å². The molecule has 2 N–H and O–H groups in total. The van der Waals surface area contributed by atoms with E-state index in [9.17, 15) is 4.79 Å². The lowest BCUT2D eigenvalue weighted by Gasteiger charge is -2.33. The van der Waals surface area contributed by atoms with Crippen LogP contribution in [-0.4, -0.2) is 30.5 Å². The van der Waals surface area contributed by atoms with Crippen LogP contribution in [0, 0.1) is 5.41 Å². The molecule has 2 atom stereocenters. The van der Waals surface area contributed by atoms with Crippen molar-refractivity contribution in [1.82, 2.24) is 4.90 Å². The van der Waals surface area contributed by atoms with Crippen molar-refractivity contribution in [2.45, 2.75) is 45.7 Å². The predicted octanol–water partition coefficient (Wildman–Crippen LogP) is 2.73. The van der Waals surface area contributed by atoms with Gasteiger partial charge in [-0.1, -0.05) is 32.9 Å². The van der Waals surface area contributed by atoms with Crippen LogP contribution in [0.25, 0.3) is 0 Å². The predicted molar refractivity (Wildman–Crippen MR) is 84.1 cm³/mol. The van der Waals surface area contributed by atoms with Gasteiger partial charge in [0, 0.05) is 6.54 Å². The Morgan fingerprint density at radius 2 is 2.14 bits per heavy atom. The summed E-state index contributed by atoms with van der Waals surface area (Å²) in [4.78, 5) is 14.6. The van der Waals surface area contributed by atoms with Gasteiger partial charge in [-0.15, -0.1) is 0 Å². The lowest BCUT2D eigenvalue weighted by molar-refractivity contribution is -0.135. The summed E-state index contributed by atoms with van der Waals surface area (Å²) in [5, 5.41) is 0.